The van der Waals surface area contributed by atoms with Crippen LogP contribution >= 0.6 is 0 Å². The van der Waals surface area contributed by atoms with Crippen LogP contribution in [-0.2, 0) is 4.94 Å². The van der Waals surface area contributed by atoms with Gasteiger partial charge in [-0.25, -0.2) is 20.9 Å². The monoisotopic (exact) mass is 202 g/mol. The highest BCUT2D eigenvalue weighted by Gasteiger charge is 1.92. The Morgan fingerprint density at radius 2 is 1.33 bits per heavy atom. The lowest BCUT2D eigenvalue weighted by Gasteiger charge is -2.06. The van der Waals surface area contributed by atoms with Gasteiger partial charge in [-0.05, 0) is 24.3 Å². The van der Waals surface area contributed by atoms with Crippen molar-refractivity contribution in [2.45, 2.75) is 0 Å². The molecule has 0 aliphatic rings. The fraction of sp³-hybridized carbons (Fsp3) is 0. The number of nitrogens with zero attached hydrogens (tertiary/aromatic N) is 2. The Bertz CT molecular complexity index is 353. The van der Waals surface area contributed by atoms with E-state index < -0.39 is 0 Å². The van der Waals surface area contributed by atoms with Gasteiger partial charge >= 0.3 is 0 Å². The molecular weight excluding hydrogens is 192 g/mol. The molecule has 5 heteroatoms. The van der Waals surface area contributed by atoms with E-state index in [2.05, 4.69) is 20.9 Å². The molecule has 76 valence electrons. The van der Waals surface area contributed by atoms with E-state index in [4.69, 9.17) is 4.94 Å². The number of rotatable bonds is 4. The molecule has 2 aromatic rings. The zero-order chi connectivity index (χ0) is 10.3. The summed E-state index contributed by atoms with van der Waals surface area (Å²) in [6, 6.07) is 11.0. The van der Waals surface area contributed by atoms with Gasteiger partial charge in [-0.2, -0.15) is 4.94 Å². The van der Waals surface area contributed by atoms with Gasteiger partial charge in [0.15, 0.2) is 11.6 Å². The molecule has 0 bridgehead atoms. The largest absolute Gasteiger partial charge is 0.237 e. The van der Waals surface area contributed by atoms with Crippen molar-refractivity contribution in [2.24, 2.45) is 0 Å². The van der Waals surface area contributed by atoms with Crippen molar-refractivity contribution in [1.82, 2.24) is 9.97 Å². The number of hydrogen-bond acceptors (Lipinski definition) is 5. The highest BCUT2D eigenvalue weighted by molar-refractivity contribution is 5.33. The number of aromatic nitrogens is 2. The van der Waals surface area contributed by atoms with Crippen LogP contribution in [-0.4, -0.2) is 9.97 Å². The van der Waals surface area contributed by atoms with Crippen molar-refractivity contribution in [2.75, 3.05) is 11.0 Å². The summed E-state index contributed by atoms with van der Waals surface area (Å²) in [5, 5.41) is 0. The summed E-state index contributed by atoms with van der Waals surface area (Å²) in [5.74, 6) is 1.25. The van der Waals surface area contributed by atoms with E-state index in [1.54, 1.807) is 24.5 Å². The standard InChI is InChI=1S/C10H10N4O/c1-3-7-11-9(5-1)13-15-14-10-6-2-4-8-12-10/h1-8H,(H,11,13)(H,12,14). The second-order valence-electron chi connectivity index (χ2n) is 2.74. The van der Waals surface area contributed by atoms with Crippen LogP contribution in [0.15, 0.2) is 48.8 Å². The van der Waals surface area contributed by atoms with Gasteiger partial charge in [-0.1, -0.05) is 12.1 Å². The van der Waals surface area contributed by atoms with Crippen molar-refractivity contribution >= 4 is 11.6 Å². The van der Waals surface area contributed by atoms with Crippen molar-refractivity contribution in [3.8, 4) is 0 Å². The lowest BCUT2D eigenvalue weighted by atomic mass is 10.5. The molecule has 0 atom stereocenters. The van der Waals surface area contributed by atoms with Gasteiger partial charge in [0.05, 0.1) is 0 Å². The lowest BCUT2D eigenvalue weighted by Crippen LogP contribution is -2.09. The van der Waals surface area contributed by atoms with Gasteiger partial charge in [-0.3, -0.25) is 0 Å². The van der Waals surface area contributed by atoms with E-state index in [9.17, 15) is 0 Å². The Morgan fingerprint density at radius 1 is 0.800 bits per heavy atom. The first-order chi connectivity index (χ1) is 7.45. The minimum atomic E-state index is 0.626. The minimum Gasteiger partial charge on any atom is -0.237 e. The molecule has 2 heterocycles. The first-order valence-electron chi connectivity index (χ1n) is 4.45. The Kier molecular flexibility index (Phi) is 3.09. The molecule has 5 nitrogen and oxygen atoms in total. The van der Waals surface area contributed by atoms with Crippen molar-refractivity contribution < 1.29 is 4.94 Å². The number of anilines is 2. The molecule has 0 aromatic carbocycles. The van der Waals surface area contributed by atoms with Gasteiger partial charge in [0.2, 0.25) is 0 Å². The third-order valence-electron chi connectivity index (χ3n) is 1.64. The van der Waals surface area contributed by atoms with Crippen molar-refractivity contribution in [3.05, 3.63) is 48.8 Å². The molecule has 0 aliphatic heterocycles. The average Bonchev–Trinajstić information content (AvgIpc) is 2.32. The summed E-state index contributed by atoms with van der Waals surface area (Å²) >= 11 is 0. The van der Waals surface area contributed by atoms with E-state index in [-0.39, 0.29) is 0 Å². The van der Waals surface area contributed by atoms with Gasteiger partial charge in [0, 0.05) is 12.4 Å². The molecule has 0 saturated heterocycles. The molecule has 15 heavy (non-hydrogen) atoms. The Morgan fingerprint density at radius 3 is 1.73 bits per heavy atom. The van der Waals surface area contributed by atoms with E-state index >= 15 is 0 Å². The molecular formula is C10H10N4O. The average molecular weight is 202 g/mol. The summed E-state index contributed by atoms with van der Waals surface area (Å²) < 4.78 is 0. The SMILES string of the molecule is c1ccc(NONc2ccccn2)nc1. The van der Waals surface area contributed by atoms with Crippen LogP contribution in [0.25, 0.3) is 0 Å². The minimum absolute atomic E-state index is 0.626. The topological polar surface area (TPSA) is 59.1 Å². The zero-order valence-corrected chi connectivity index (χ0v) is 7.92. The molecule has 2 N–H and O–H groups in total. The van der Waals surface area contributed by atoms with Crippen LogP contribution in [0.4, 0.5) is 11.6 Å². The second kappa shape index (κ2) is 4.92. The normalized spacial score (nSPS) is 9.60. The first-order valence-corrected chi connectivity index (χ1v) is 4.45. The fourth-order valence-corrected chi connectivity index (χ4v) is 0.976. The van der Waals surface area contributed by atoms with Gasteiger partial charge in [-0.15, -0.1) is 0 Å². The maximum absolute atomic E-state index is 4.98. The summed E-state index contributed by atoms with van der Waals surface area (Å²) in [6.07, 6.45) is 3.35. The third-order valence-corrected chi connectivity index (χ3v) is 1.64. The van der Waals surface area contributed by atoms with Gasteiger partial charge in [0.1, 0.15) is 0 Å². The van der Waals surface area contributed by atoms with Crippen LogP contribution in [0.2, 0.25) is 0 Å². The second-order valence-corrected chi connectivity index (χ2v) is 2.74. The van der Waals surface area contributed by atoms with Crippen LogP contribution in [0.5, 0.6) is 0 Å². The molecule has 0 saturated carbocycles. The number of nitrogens with one attached hydrogen (secondary N) is 2. The quantitative estimate of drug-likeness (QED) is 0.741. The van der Waals surface area contributed by atoms with Crippen LogP contribution in [0.1, 0.15) is 0 Å². The first kappa shape index (κ1) is 9.42. The van der Waals surface area contributed by atoms with E-state index in [1.165, 1.54) is 0 Å². The highest BCUT2D eigenvalue weighted by Crippen LogP contribution is 2.02. The molecule has 0 unspecified atom stereocenters. The molecule has 2 aromatic heterocycles. The van der Waals surface area contributed by atoms with Crippen LogP contribution < -0.4 is 11.0 Å². The maximum Gasteiger partial charge on any atom is 0.151 e. The van der Waals surface area contributed by atoms with Gasteiger partial charge < -0.3 is 0 Å². The summed E-state index contributed by atoms with van der Waals surface area (Å²) in [6.45, 7) is 0. The number of pyridine rings is 2. The van der Waals surface area contributed by atoms with Gasteiger partial charge in [0.25, 0.3) is 0 Å². The van der Waals surface area contributed by atoms with Crippen LogP contribution in [0, 0.1) is 0 Å². The Hall–Kier alpha value is -2.14. The zero-order valence-electron chi connectivity index (χ0n) is 7.92. The van der Waals surface area contributed by atoms with Crippen LogP contribution in [0.3, 0.4) is 0 Å². The lowest BCUT2D eigenvalue weighted by molar-refractivity contribution is 0.261. The predicted molar refractivity (Wildman–Crippen MR) is 56.8 cm³/mol. The Balaban J connectivity index is 1.81. The van der Waals surface area contributed by atoms with Crippen molar-refractivity contribution in [1.29, 1.82) is 0 Å². The highest BCUT2D eigenvalue weighted by atomic mass is 16.8. The van der Waals surface area contributed by atoms with E-state index in [0.29, 0.717) is 11.6 Å². The molecule has 0 fully saturated rings. The fourth-order valence-electron chi connectivity index (χ4n) is 0.976. The summed E-state index contributed by atoms with van der Waals surface area (Å²) in [7, 11) is 0. The Labute approximate surface area is 87.0 Å². The van der Waals surface area contributed by atoms with E-state index in [0.717, 1.165) is 0 Å². The summed E-state index contributed by atoms with van der Waals surface area (Å²) in [4.78, 5) is 13.0. The maximum atomic E-state index is 4.98. The van der Waals surface area contributed by atoms with E-state index in [1.807, 2.05) is 24.3 Å². The molecule has 0 aliphatic carbocycles. The molecule has 0 amide bonds. The smallest absolute Gasteiger partial charge is 0.151 e. The molecule has 0 spiro atoms. The predicted octanol–water partition coefficient (Wildman–Crippen LogP) is 1.85. The summed E-state index contributed by atoms with van der Waals surface area (Å²) in [5.41, 5.74) is 5.26. The third kappa shape index (κ3) is 2.92. The number of hydrogen-bond donors (Lipinski definition) is 2. The molecule has 0 radical (unpaired) electrons. The van der Waals surface area contributed by atoms with Crippen molar-refractivity contribution in [3.63, 3.8) is 0 Å². The molecule has 2 rings (SSSR count).